The predicted molar refractivity (Wildman–Crippen MR) is 241 cm³/mol. The molecule has 11 heteroatoms. The maximum atomic E-state index is 13.1. The Morgan fingerprint density at radius 3 is 2.10 bits per heavy atom. The highest BCUT2D eigenvalue weighted by molar-refractivity contribution is 5.84. The molecule has 3 fully saturated rings. The van der Waals surface area contributed by atoms with Crippen LogP contribution < -0.4 is 9.47 Å². The summed E-state index contributed by atoms with van der Waals surface area (Å²) in [6.07, 6.45) is 20.1. The third kappa shape index (κ3) is 13.8. The second kappa shape index (κ2) is 24.7. The Morgan fingerprint density at radius 1 is 0.778 bits per heavy atom. The average molecular weight is 877 g/mol. The lowest BCUT2D eigenvalue weighted by molar-refractivity contribution is -0.191. The number of hydrogen-bond donors (Lipinski definition) is 3. The van der Waals surface area contributed by atoms with E-state index >= 15 is 0 Å². The molecule has 1 heterocycles. The zero-order chi connectivity index (χ0) is 44.7. The Morgan fingerprint density at radius 2 is 1.44 bits per heavy atom. The van der Waals surface area contributed by atoms with Crippen molar-refractivity contribution in [2.75, 3.05) is 26.9 Å². The van der Waals surface area contributed by atoms with Gasteiger partial charge in [0.2, 0.25) is 0 Å². The standard InChI is InChI=1S/C29H42O6.C23H34O5/c1-3-4-5-10-22(35-29-12-6-7-15-33-29)13-14-23-24-16-20-9-8-11-27(34-19-28(31)32-2)25(20)17-21(24)18-26(23)30;1-2-3-4-7-17(24)9-10-18-19-11-15-6-5-8-22(28-14-23(26)27)20(15)12-16(19)13-21(18)25/h8-9,11,21-24,29H,3-7,10,12-19H2,1-2H3;5-6,8,16-19,21,24-25H,2-4,7,9-14H2,1H3,(H,26,27)/t21-,22-,23?,24-,29?;16-,17-,18+,19-,21+/m00/s1. The van der Waals surface area contributed by atoms with E-state index in [-0.39, 0.29) is 55.6 Å². The molecule has 2 aromatic carbocycles. The monoisotopic (exact) mass is 877 g/mol. The van der Waals surface area contributed by atoms with Gasteiger partial charge >= 0.3 is 11.9 Å². The molecule has 0 radical (unpaired) electrons. The zero-order valence-corrected chi connectivity index (χ0v) is 38.3. The summed E-state index contributed by atoms with van der Waals surface area (Å²) in [5.41, 5.74) is 4.73. The van der Waals surface area contributed by atoms with Crippen molar-refractivity contribution in [2.45, 2.75) is 173 Å². The van der Waals surface area contributed by atoms with Crippen molar-refractivity contribution in [1.82, 2.24) is 0 Å². The van der Waals surface area contributed by atoms with Crippen LogP contribution >= 0.6 is 0 Å². The number of carbonyl (C=O) groups excluding carboxylic acids is 2. The van der Waals surface area contributed by atoms with E-state index in [1.54, 1.807) is 0 Å². The average Bonchev–Trinajstić information content (AvgIpc) is 3.76. The maximum Gasteiger partial charge on any atom is 0.343 e. The number of carbonyl (C=O) groups is 3. The number of aliphatic carboxylic acids is 1. The number of ether oxygens (including phenoxy) is 5. The lowest BCUT2D eigenvalue weighted by Gasteiger charge is -2.32. The van der Waals surface area contributed by atoms with Gasteiger partial charge in [0.25, 0.3) is 0 Å². The number of fused-ring (bicyclic) bond motifs is 4. The molecule has 2 aromatic rings. The molecule has 3 N–H and O–H groups in total. The number of methoxy groups -OCH3 is 1. The van der Waals surface area contributed by atoms with Gasteiger partial charge in [-0.25, -0.2) is 9.59 Å². The van der Waals surface area contributed by atoms with Crippen molar-refractivity contribution in [3.05, 3.63) is 58.7 Å². The van der Waals surface area contributed by atoms with Crippen LogP contribution in [0.5, 0.6) is 11.5 Å². The first-order chi connectivity index (χ1) is 30.6. The molecule has 350 valence electrons. The van der Waals surface area contributed by atoms with Crippen LogP contribution in [-0.2, 0) is 54.3 Å². The Balaban J connectivity index is 0.000000215. The van der Waals surface area contributed by atoms with Gasteiger partial charge in [0.1, 0.15) is 17.3 Å². The molecule has 0 amide bonds. The highest BCUT2D eigenvalue weighted by atomic mass is 16.7. The Hall–Kier alpha value is -3.51. The van der Waals surface area contributed by atoms with Crippen LogP contribution in [0.15, 0.2) is 36.4 Å². The summed E-state index contributed by atoms with van der Waals surface area (Å²) < 4.78 is 28.2. The summed E-state index contributed by atoms with van der Waals surface area (Å²) in [6, 6.07) is 11.9. The second-order valence-corrected chi connectivity index (χ2v) is 19.1. The summed E-state index contributed by atoms with van der Waals surface area (Å²) in [4.78, 5) is 35.5. The minimum Gasteiger partial charge on any atom is -0.482 e. The first-order valence-corrected chi connectivity index (χ1v) is 24.5. The van der Waals surface area contributed by atoms with Gasteiger partial charge in [-0.2, -0.15) is 0 Å². The van der Waals surface area contributed by atoms with Crippen molar-refractivity contribution >= 4 is 17.7 Å². The lowest BCUT2D eigenvalue weighted by Crippen LogP contribution is -2.30. The first kappa shape index (κ1) is 48.9. The summed E-state index contributed by atoms with van der Waals surface area (Å²) in [6.45, 7) is 4.77. The molecule has 10 atom stereocenters. The minimum atomic E-state index is -0.972. The molecule has 63 heavy (non-hydrogen) atoms. The molecule has 1 aliphatic heterocycles. The molecule has 0 bridgehead atoms. The van der Waals surface area contributed by atoms with Crippen molar-refractivity contribution in [3.8, 4) is 11.5 Å². The van der Waals surface area contributed by atoms with Crippen LogP contribution in [0.25, 0.3) is 0 Å². The van der Waals surface area contributed by atoms with Gasteiger partial charge in [0.15, 0.2) is 19.5 Å². The van der Waals surface area contributed by atoms with E-state index in [1.165, 1.54) is 43.9 Å². The molecule has 2 unspecified atom stereocenters. The topological polar surface area (TPSA) is 158 Å². The fourth-order valence-corrected chi connectivity index (χ4v) is 11.5. The largest absolute Gasteiger partial charge is 0.482 e. The molecule has 0 spiro atoms. The fraction of sp³-hybridized carbons (Fsp3) is 0.712. The summed E-state index contributed by atoms with van der Waals surface area (Å²) in [5.74, 6) is 2.38. The number of carboxylic acids is 1. The first-order valence-electron chi connectivity index (χ1n) is 24.5. The van der Waals surface area contributed by atoms with Gasteiger partial charge < -0.3 is 39.0 Å². The maximum absolute atomic E-state index is 13.1. The van der Waals surface area contributed by atoms with Crippen LogP contribution in [0.3, 0.4) is 0 Å². The van der Waals surface area contributed by atoms with Crippen molar-refractivity contribution in [3.63, 3.8) is 0 Å². The third-order valence-electron chi connectivity index (χ3n) is 14.8. The highest BCUT2D eigenvalue weighted by Gasteiger charge is 2.46. The third-order valence-corrected chi connectivity index (χ3v) is 14.8. The number of Topliss-reactive ketones (excluding diaryl/α,β-unsaturated/α-hetero) is 1. The molecule has 1 saturated heterocycles. The van der Waals surface area contributed by atoms with Crippen LogP contribution in [0.2, 0.25) is 0 Å². The number of hydrogen-bond acceptors (Lipinski definition) is 10. The minimum absolute atomic E-state index is 0.0765. The normalized spacial score (nSPS) is 26.8. The molecule has 0 aromatic heterocycles. The van der Waals surface area contributed by atoms with Crippen LogP contribution in [0.1, 0.15) is 145 Å². The number of aliphatic hydroxyl groups excluding tert-OH is 2. The highest BCUT2D eigenvalue weighted by Crippen LogP contribution is 2.49. The molecular formula is C52H76O11. The number of rotatable bonds is 22. The molecule has 5 aliphatic rings. The van der Waals surface area contributed by atoms with Crippen LogP contribution in [0, 0.1) is 35.5 Å². The number of aliphatic hydroxyl groups is 2. The van der Waals surface area contributed by atoms with Gasteiger partial charge in [-0.15, -0.1) is 0 Å². The second-order valence-electron chi connectivity index (χ2n) is 19.1. The molecular weight excluding hydrogens is 801 g/mol. The van der Waals surface area contributed by atoms with E-state index in [0.29, 0.717) is 41.6 Å². The zero-order valence-electron chi connectivity index (χ0n) is 38.3. The molecule has 2 saturated carbocycles. The number of benzene rings is 2. The van der Waals surface area contributed by atoms with E-state index < -0.39 is 5.97 Å². The van der Waals surface area contributed by atoms with Gasteiger partial charge in [0, 0.05) is 18.9 Å². The van der Waals surface area contributed by atoms with Crippen LogP contribution in [-0.4, -0.2) is 84.6 Å². The summed E-state index contributed by atoms with van der Waals surface area (Å²) in [7, 11) is 1.36. The summed E-state index contributed by atoms with van der Waals surface area (Å²) >= 11 is 0. The Bertz CT molecular complexity index is 1760. The number of carboxylic acid groups (broad SMARTS) is 1. The lowest BCUT2D eigenvalue weighted by atomic mass is 9.73. The fourth-order valence-electron chi connectivity index (χ4n) is 11.5. The van der Waals surface area contributed by atoms with E-state index in [1.807, 2.05) is 24.3 Å². The van der Waals surface area contributed by atoms with Crippen molar-refractivity contribution in [1.29, 1.82) is 0 Å². The summed E-state index contributed by atoms with van der Waals surface area (Å²) in [5, 5.41) is 29.8. The van der Waals surface area contributed by atoms with E-state index in [9.17, 15) is 24.6 Å². The smallest absolute Gasteiger partial charge is 0.343 e. The van der Waals surface area contributed by atoms with Crippen LogP contribution in [0.4, 0.5) is 0 Å². The van der Waals surface area contributed by atoms with E-state index in [4.69, 9.17) is 28.8 Å². The molecule has 4 aliphatic carbocycles. The Labute approximate surface area is 375 Å². The molecule has 11 nitrogen and oxygen atoms in total. The van der Waals surface area contributed by atoms with Crippen molar-refractivity contribution in [2.24, 2.45) is 35.5 Å². The van der Waals surface area contributed by atoms with Gasteiger partial charge in [-0.05, 0) is 154 Å². The van der Waals surface area contributed by atoms with Gasteiger partial charge in [-0.3, -0.25) is 4.79 Å². The predicted octanol–water partition coefficient (Wildman–Crippen LogP) is 9.01. The van der Waals surface area contributed by atoms with Crippen molar-refractivity contribution < 1.29 is 53.4 Å². The number of esters is 1. The molecule has 7 rings (SSSR count). The number of unbranched alkanes of at least 4 members (excludes halogenated alkanes) is 4. The van der Waals surface area contributed by atoms with Gasteiger partial charge in [-0.1, -0.05) is 76.6 Å². The quantitative estimate of drug-likeness (QED) is 0.0766. The van der Waals surface area contributed by atoms with Gasteiger partial charge in [0.05, 0.1) is 25.4 Å². The number of ketones is 1. The van der Waals surface area contributed by atoms with E-state index in [0.717, 1.165) is 126 Å². The SMILES string of the molecule is CCCCC[C@@H](CCC1C(=O)C[C@@H]2Cc3c(cccc3OCC(=O)OC)C[C@H]12)OC1CCCCO1.CCCCC[C@H](O)CC[C@@H]1[C@H]2Cc3cccc(OCC(=O)O)c3C[C@H]2C[C@H]1O. The van der Waals surface area contributed by atoms with E-state index in [2.05, 4.69) is 26.0 Å². The Kier molecular flexibility index (Phi) is 19.2.